The average molecular weight is 417 g/mol. The zero-order valence-corrected chi connectivity index (χ0v) is 16.2. The number of benzene rings is 2. The third kappa shape index (κ3) is 4.02. The number of rotatable bonds is 6. The van der Waals surface area contributed by atoms with Gasteiger partial charge in [-0.25, -0.2) is 18.2 Å². The van der Waals surface area contributed by atoms with Gasteiger partial charge < -0.3 is 16.2 Å². The molecule has 1 aromatic heterocycles. The van der Waals surface area contributed by atoms with Crippen LogP contribution in [0.25, 0.3) is 0 Å². The SMILES string of the molecule is CS(=O)(=O)c1ccccc1C(=O)c1sc(Nc2ccc(C(=O)O)cc2)nc1N. The fraction of sp³-hybridized carbons (Fsp3) is 0.0556. The second kappa shape index (κ2) is 7.41. The zero-order valence-electron chi connectivity index (χ0n) is 14.5. The molecule has 144 valence electrons. The van der Waals surface area contributed by atoms with Crippen molar-refractivity contribution in [1.82, 2.24) is 4.98 Å². The number of carbonyl (C=O) groups excluding carboxylic acids is 1. The van der Waals surface area contributed by atoms with Gasteiger partial charge in [-0.2, -0.15) is 0 Å². The lowest BCUT2D eigenvalue weighted by Crippen LogP contribution is -2.09. The highest BCUT2D eigenvalue weighted by Gasteiger charge is 2.23. The molecular weight excluding hydrogens is 402 g/mol. The maximum atomic E-state index is 12.9. The van der Waals surface area contributed by atoms with Crippen molar-refractivity contribution in [2.24, 2.45) is 0 Å². The lowest BCUT2D eigenvalue weighted by molar-refractivity contribution is 0.0696. The van der Waals surface area contributed by atoms with Crippen LogP contribution >= 0.6 is 11.3 Å². The standard InChI is InChI=1S/C18H15N3O5S2/c1-28(25,26)13-5-3-2-4-12(13)14(22)15-16(19)21-18(27-15)20-11-8-6-10(7-9-11)17(23)24/h2-9H,19H2,1H3,(H,20,21)(H,23,24). The van der Waals surface area contributed by atoms with Crippen molar-refractivity contribution < 1.29 is 23.1 Å². The Bertz CT molecular complexity index is 1170. The molecule has 0 fully saturated rings. The molecule has 28 heavy (non-hydrogen) atoms. The Labute approximate surface area is 164 Å². The van der Waals surface area contributed by atoms with Gasteiger partial charge in [-0.15, -0.1) is 0 Å². The number of ketones is 1. The summed E-state index contributed by atoms with van der Waals surface area (Å²) in [4.78, 5) is 27.9. The summed E-state index contributed by atoms with van der Waals surface area (Å²) in [6.07, 6.45) is 1.03. The molecule has 10 heteroatoms. The molecule has 0 saturated heterocycles. The van der Waals surface area contributed by atoms with Crippen LogP contribution in [0.15, 0.2) is 53.4 Å². The summed E-state index contributed by atoms with van der Waals surface area (Å²) in [6.45, 7) is 0. The molecule has 3 rings (SSSR count). The lowest BCUT2D eigenvalue weighted by atomic mass is 10.1. The topological polar surface area (TPSA) is 139 Å². The third-order valence-electron chi connectivity index (χ3n) is 3.77. The number of thiazole rings is 1. The van der Waals surface area contributed by atoms with Crippen LogP contribution in [0.4, 0.5) is 16.6 Å². The van der Waals surface area contributed by atoms with Gasteiger partial charge in [0.25, 0.3) is 0 Å². The van der Waals surface area contributed by atoms with Gasteiger partial charge >= 0.3 is 5.97 Å². The smallest absolute Gasteiger partial charge is 0.335 e. The predicted molar refractivity (Wildman–Crippen MR) is 106 cm³/mol. The lowest BCUT2D eigenvalue weighted by Gasteiger charge is -2.05. The normalized spacial score (nSPS) is 11.2. The van der Waals surface area contributed by atoms with Crippen molar-refractivity contribution in [2.75, 3.05) is 17.3 Å². The van der Waals surface area contributed by atoms with Gasteiger partial charge in [0.1, 0.15) is 10.7 Å². The Balaban J connectivity index is 1.91. The van der Waals surface area contributed by atoms with Crippen molar-refractivity contribution >= 4 is 49.6 Å². The van der Waals surface area contributed by atoms with Crippen LogP contribution in [-0.4, -0.2) is 36.5 Å². The van der Waals surface area contributed by atoms with Gasteiger partial charge in [-0.05, 0) is 36.4 Å². The van der Waals surface area contributed by atoms with E-state index in [9.17, 15) is 18.0 Å². The Morgan fingerprint density at radius 1 is 1.11 bits per heavy atom. The third-order valence-corrected chi connectivity index (χ3v) is 5.91. The first-order chi connectivity index (χ1) is 13.2. The molecule has 0 aliphatic carbocycles. The molecule has 1 heterocycles. The van der Waals surface area contributed by atoms with E-state index in [1.54, 1.807) is 18.2 Å². The minimum absolute atomic E-state index is 0.0250. The molecule has 0 aliphatic heterocycles. The number of hydrogen-bond acceptors (Lipinski definition) is 8. The first-order valence-electron chi connectivity index (χ1n) is 7.87. The summed E-state index contributed by atoms with van der Waals surface area (Å²) in [5.41, 5.74) is 6.59. The molecule has 3 aromatic rings. The van der Waals surface area contributed by atoms with E-state index in [1.807, 2.05) is 0 Å². The Kier molecular flexibility index (Phi) is 5.16. The highest BCUT2D eigenvalue weighted by molar-refractivity contribution is 7.90. The highest BCUT2D eigenvalue weighted by Crippen LogP contribution is 2.31. The first kappa shape index (κ1) is 19.5. The number of hydrogen-bond donors (Lipinski definition) is 3. The monoisotopic (exact) mass is 417 g/mol. The van der Waals surface area contributed by atoms with Crippen LogP contribution in [0.2, 0.25) is 0 Å². The van der Waals surface area contributed by atoms with E-state index < -0.39 is 21.6 Å². The van der Waals surface area contributed by atoms with Crippen LogP contribution < -0.4 is 11.1 Å². The van der Waals surface area contributed by atoms with Crippen molar-refractivity contribution in [3.05, 3.63) is 64.5 Å². The molecule has 4 N–H and O–H groups in total. The number of nitrogens with one attached hydrogen (secondary N) is 1. The number of carboxylic acid groups (broad SMARTS) is 1. The molecule has 0 radical (unpaired) electrons. The minimum atomic E-state index is -3.59. The minimum Gasteiger partial charge on any atom is -0.478 e. The molecule has 8 nitrogen and oxygen atoms in total. The van der Waals surface area contributed by atoms with Gasteiger partial charge in [0, 0.05) is 17.5 Å². The number of nitrogens with two attached hydrogens (primary N) is 1. The largest absolute Gasteiger partial charge is 0.478 e. The van der Waals surface area contributed by atoms with Crippen LogP contribution in [0.5, 0.6) is 0 Å². The number of sulfone groups is 1. The van der Waals surface area contributed by atoms with Gasteiger partial charge in [0.15, 0.2) is 15.0 Å². The van der Waals surface area contributed by atoms with Crippen LogP contribution in [-0.2, 0) is 9.84 Å². The van der Waals surface area contributed by atoms with E-state index in [0.29, 0.717) is 10.8 Å². The van der Waals surface area contributed by atoms with E-state index in [0.717, 1.165) is 17.6 Å². The number of carboxylic acids is 1. The van der Waals surface area contributed by atoms with Crippen molar-refractivity contribution in [3.63, 3.8) is 0 Å². The zero-order chi connectivity index (χ0) is 20.5. The summed E-state index contributed by atoms with van der Waals surface area (Å²) < 4.78 is 23.9. The van der Waals surface area contributed by atoms with Gasteiger partial charge in [0.05, 0.1) is 10.5 Å². The summed E-state index contributed by atoms with van der Waals surface area (Å²) in [5, 5.41) is 12.2. The van der Waals surface area contributed by atoms with Crippen LogP contribution in [0, 0.1) is 0 Å². The van der Waals surface area contributed by atoms with E-state index in [-0.39, 0.29) is 26.7 Å². The van der Waals surface area contributed by atoms with Gasteiger partial charge in [-0.1, -0.05) is 23.5 Å². The summed E-state index contributed by atoms with van der Waals surface area (Å²) in [7, 11) is -3.59. The molecule has 0 unspecified atom stereocenters. The predicted octanol–water partition coefficient (Wildman–Crippen LogP) is 2.80. The van der Waals surface area contributed by atoms with Crippen molar-refractivity contribution in [2.45, 2.75) is 4.90 Å². The summed E-state index contributed by atoms with van der Waals surface area (Å²) in [6, 6.07) is 11.9. The van der Waals surface area contributed by atoms with Crippen LogP contribution in [0.3, 0.4) is 0 Å². The summed E-state index contributed by atoms with van der Waals surface area (Å²) in [5.74, 6) is -1.60. The molecule has 0 saturated carbocycles. The fourth-order valence-electron chi connectivity index (χ4n) is 2.47. The van der Waals surface area contributed by atoms with E-state index in [4.69, 9.17) is 10.8 Å². The average Bonchev–Trinajstić information content (AvgIpc) is 3.01. The molecule has 0 atom stereocenters. The molecule has 0 aliphatic rings. The number of aromatic carboxylic acids is 1. The Morgan fingerprint density at radius 3 is 2.36 bits per heavy atom. The van der Waals surface area contributed by atoms with E-state index in [2.05, 4.69) is 10.3 Å². The number of nitrogens with zero attached hydrogens (tertiary/aromatic N) is 1. The Morgan fingerprint density at radius 2 is 1.75 bits per heavy atom. The molecule has 0 bridgehead atoms. The molecular formula is C18H15N3O5S2. The second-order valence-electron chi connectivity index (χ2n) is 5.84. The first-order valence-corrected chi connectivity index (χ1v) is 10.6. The fourth-order valence-corrected chi connectivity index (χ4v) is 4.21. The molecule has 2 aromatic carbocycles. The number of anilines is 3. The van der Waals surface area contributed by atoms with E-state index in [1.165, 1.54) is 30.3 Å². The number of aromatic nitrogens is 1. The van der Waals surface area contributed by atoms with Crippen LogP contribution in [0.1, 0.15) is 25.6 Å². The van der Waals surface area contributed by atoms with Gasteiger partial charge in [-0.3, -0.25) is 4.79 Å². The summed E-state index contributed by atoms with van der Waals surface area (Å²) >= 11 is 0.979. The number of carbonyl (C=O) groups is 2. The van der Waals surface area contributed by atoms with E-state index >= 15 is 0 Å². The van der Waals surface area contributed by atoms with Crippen molar-refractivity contribution in [1.29, 1.82) is 0 Å². The molecule has 0 spiro atoms. The van der Waals surface area contributed by atoms with Gasteiger partial charge in [0.2, 0.25) is 5.78 Å². The quantitative estimate of drug-likeness (QED) is 0.520. The maximum absolute atomic E-state index is 12.9. The second-order valence-corrected chi connectivity index (χ2v) is 8.82. The molecule has 0 amide bonds. The Hall–Kier alpha value is -3.24. The highest BCUT2D eigenvalue weighted by atomic mass is 32.2. The van der Waals surface area contributed by atoms with Crippen molar-refractivity contribution in [3.8, 4) is 0 Å². The number of nitrogen functional groups attached to an aromatic ring is 1. The maximum Gasteiger partial charge on any atom is 0.335 e.